The topological polar surface area (TPSA) is 98.7 Å². The molecule has 0 spiro atoms. The van der Waals surface area contributed by atoms with Gasteiger partial charge in [-0.25, -0.2) is 4.79 Å². The van der Waals surface area contributed by atoms with Crippen molar-refractivity contribution in [1.29, 1.82) is 0 Å². The molecule has 0 radical (unpaired) electrons. The van der Waals surface area contributed by atoms with Crippen LogP contribution in [0.3, 0.4) is 0 Å². The van der Waals surface area contributed by atoms with E-state index in [0.717, 1.165) is 0 Å². The summed E-state index contributed by atoms with van der Waals surface area (Å²) in [6.07, 6.45) is 0.325. The fourth-order valence-corrected chi connectivity index (χ4v) is 1.90. The lowest BCUT2D eigenvalue weighted by Crippen LogP contribution is -2.60. The summed E-state index contributed by atoms with van der Waals surface area (Å²) in [4.78, 5) is 35.6. The molecule has 0 saturated carbocycles. The third-order valence-electron chi connectivity index (χ3n) is 3.17. The van der Waals surface area contributed by atoms with Crippen LogP contribution in [0.15, 0.2) is 0 Å². The third-order valence-corrected chi connectivity index (χ3v) is 3.17. The molecule has 3 amide bonds. The largest absolute Gasteiger partial charge is 0.481 e. The van der Waals surface area contributed by atoms with Gasteiger partial charge in [-0.3, -0.25) is 9.59 Å². The number of hydrogen-bond donors (Lipinski definition) is 3. The minimum Gasteiger partial charge on any atom is -0.481 e. The van der Waals surface area contributed by atoms with E-state index in [2.05, 4.69) is 10.6 Å². The Morgan fingerprint density at radius 2 is 2.16 bits per heavy atom. The van der Waals surface area contributed by atoms with E-state index in [1.165, 1.54) is 4.90 Å². The second kappa shape index (κ2) is 5.90. The number of carbonyl (C=O) groups excluding carboxylic acids is 2. The Bertz CT molecular complexity index is 381. The van der Waals surface area contributed by atoms with Gasteiger partial charge < -0.3 is 20.6 Å². The predicted molar refractivity (Wildman–Crippen MR) is 68.7 cm³/mol. The first-order chi connectivity index (χ1) is 8.73. The Morgan fingerprint density at radius 1 is 1.53 bits per heavy atom. The molecule has 1 aliphatic rings. The van der Waals surface area contributed by atoms with Gasteiger partial charge in [0.1, 0.15) is 6.04 Å². The van der Waals surface area contributed by atoms with Crippen molar-refractivity contribution in [3.8, 4) is 0 Å². The molecule has 1 rings (SSSR count). The molecule has 7 nitrogen and oxygen atoms in total. The highest BCUT2D eigenvalue weighted by atomic mass is 16.4. The minimum absolute atomic E-state index is 0.0106. The third kappa shape index (κ3) is 4.42. The highest BCUT2D eigenvalue weighted by Crippen LogP contribution is 2.13. The molecule has 0 aromatic heterocycles. The van der Waals surface area contributed by atoms with Crippen LogP contribution in [0.4, 0.5) is 4.79 Å². The first kappa shape index (κ1) is 15.3. The number of nitrogens with zero attached hydrogens (tertiary/aromatic N) is 1. The second-order valence-corrected chi connectivity index (χ2v) is 5.37. The monoisotopic (exact) mass is 271 g/mol. The fraction of sp³-hybridized carbons (Fsp3) is 0.750. The maximum absolute atomic E-state index is 12.1. The van der Waals surface area contributed by atoms with Gasteiger partial charge in [0.05, 0.1) is 0 Å². The van der Waals surface area contributed by atoms with Crippen LogP contribution in [-0.2, 0) is 9.59 Å². The number of nitrogens with one attached hydrogen (secondary N) is 2. The van der Waals surface area contributed by atoms with Gasteiger partial charge in [-0.2, -0.15) is 0 Å². The van der Waals surface area contributed by atoms with Crippen molar-refractivity contribution >= 4 is 17.9 Å². The van der Waals surface area contributed by atoms with E-state index >= 15 is 0 Å². The van der Waals surface area contributed by atoms with E-state index in [-0.39, 0.29) is 18.4 Å². The van der Waals surface area contributed by atoms with Gasteiger partial charge >= 0.3 is 12.0 Å². The normalized spacial score (nSPS) is 19.8. The minimum atomic E-state index is -0.895. The number of carbonyl (C=O) groups is 3. The lowest BCUT2D eigenvalue weighted by atomic mass is 9.98. The SMILES string of the molecule is CC1C(=O)NCCN1C(=O)NC(C)(C)CCC(=O)O. The van der Waals surface area contributed by atoms with E-state index in [1.807, 2.05) is 0 Å². The van der Waals surface area contributed by atoms with Gasteiger partial charge in [-0.15, -0.1) is 0 Å². The Morgan fingerprint density at radius 3 is 2.74 bits per heavy atom. The van der Waals surface area contributed by atoms with Crippen LogP contribution in [0.25, 0.3) is 0 Å². The molecule has 0 bridgehead atoms. The fourth-order valence-electron chi connectivity index (χ4n) is 1.90. The summed E-state index contributed by atoms with van der Waals surface area (Å²) in [5.41, 5.74) is -0.622. The number of rotatable bonds is 4. The molecule has 0 aromatic rings. The first-order valence-electron chi connectivity index (χ1n) is 6.31. The summed E-state index contributed by atoms with van der Waals surface area (Å²) in [6.45, 7) is 6.09. The number of amides is 3. The Labute approximate surface area is 112 Å². The van der Waals surface area contributed by atoms with Gasteiger partial charge in [0.15, 0.2) is 0 Å². The zero-order valence-corrected chi connectivity index (χ0v) is 11.5. The maximum atomic E-state index is 12.1. The van der Waals surface area contributed by atoms with Crippen LogP contribution < -0.4 is 10.6 Å². The van der Waals surface area contributed by atoms with E-state index in [4.69, 9.17) is 5.11 Å². The van der Waals surface area contributed by atoms with Crippen LogP contribution in [0.1, 0.15) is 33.6 Å². The molecule has 1 unspecified atom stereocenters. The van der Waals surface area contributed by atoms with Crippen LogP contribution in [0.5, 0.6) is 0 Å². The lowest BCUT2D eigenvalue weighted by Gasteiger charge is -2.36. The molecule has 19 heavy (non-hydrogen) atoms. The van der Waals surface area contributed by atoms with E-state index < -0.39 is 17.6 Å². The van der Waals surface area contributed by atoms with Gasteiger partial charge in [0.2, 0.25) is 5.91 Å². The Hall–Kier alpha value is -1.79. The first-order valence-corrected chi connectivity index (χ1v) is 6.31. The van der Waals surface area contributed by atoms with E-state index in [1.54, 1.807) is 20.8 Å². The summed E-state index contributed by atoms with van der Waals surface area (Å²) in [5, 5.41) is 14.1. The zero-order valence-electron chi connectivity index (χ0n) is 11.5. The van der Waals surface area contributed by atoms with Crippen LogP contribution >= 0.6 is 0 Å². The number of aliphatic carboxylic acids is 1. The molecule has 7 heteroatoms. The molecule has 0 aliphatic carbocycles. The standard InChI is InChI=1S/C12H21N3O4/c1-8-10(18)13-6-7-15(8)11(19)14-12(2,3)5-4-9(16)17/h8H,4-7H2,1-3H3,(H,13,18)(H,14,19)(H,16,17). The van der Waals surface area contributed by atoms with Gasteiger partial charge in [-0.1, -0.05) is 0 Å². The molecule has 1 atom stereocenters. The number of urea groups is 1. The van der Waals surface area contributed by atoms with E-state index in [0.29, 0.717) is 19.5 Å². The van der Waals surface area contributed by atoms with Crippen molar-refractivity contribution < 1.29 is 19.5 Å². The van der Waals surface area contributed by atoms with Crippen molar-refractivity contribution in [1.82, 2.24) is 15.5 Å². The molecule has 3 N–H and O–H groups in total. The van der Waals surface area contributed by atoms with Gasteiger partial charge in [0.25, 0.3) is 0 Å². The van der Waals surface area contributed by atoms with Gasteiger partial charge in [0, 0.05) is 25.0 Å². The summed E-state index contributed by atoms with van der Waals surface area (Å²) in [7, 11) is 0. The molecule has 1 aliphatic heterocycles. The average Bonchev–Trinajstić information content (AvgIpc) is 2.29. The Balaban J connectivity index is 2.57. The van der Waals surface area contributed by atoms with Crippen LogP contribution in [-0.4, -0.2) is 52.6 Å². The van der Waals surface area contributed by atoms with Crippen molar-refractivity contribution in [2.75, 3.05) is 13.1 Å². The van der Waals surface area contributed by atoms with Crippen LogP contribution in [0.2, 0.25) is 0 Å². The summed E-state index contributed by atoms with van der Waals surface area (Å²) >= 11 is 0. The number of carboxylic acids is 1. The Kier molecular flexibility index (Phi) is 4.74. The van der Waals surface area contributed by atoms with Crippen molar-refractivity contribution in [2.45, 2.75) is 45.2 Å². The number of hydrogen-bond acceptors (Lipinski definition) is 3. The van der Waals surface area contributed by atoms with Gasteiger partial charge in [-0.05, 0) is 27.2 Å². The summed E-state index contributed by atoms with van der Waals surface area (Å²) < 4.78 is 0. The second-order valence-electron chi connectivity index (χ2n) is 5.37. The smallest absolute Gasteiger partial charge is 0.318 e. The van der Waals surface area contributed by atoms with Crippen LogP contribution in [0, 0.1) is 0 Å². The summed E-state index contributed by atoms with van der Waals surface area (Å²) in [5.74, 6) is -1.07. The molecular formula is C12H21N3O4. The predicted octanol–water partition coefficient (Wildman–Crippen LogP) is 0.160. The summed E-state index contributed by atoms with van der Waals surface area (Å²) in [6, 6.07) is -0.846. The molecular weight excluding hydrogens is 250 g/mol. The molecule has 1 saturated heterocycles. The quantitative estimate of drug-likeness (QED) is 0.678. The van der Waals surface area contributed by atoms with Crippen molar-refractivity contribution in [3.05, 3.63) is 0 Å². The zero-order chi connectivity index (χ0) is 14.6. The average molecular weight is 271 g/mol. The lowest BCUT2D eigenvalue weighted by molar-refractivity contribution is -0.137. The maximum Gasteiger partial charge on any atom is 0.318 e. The molecule has 1 fully saturated rings. The van der Waals surface area contributed by atoms with Crippen molar-refractivity contribution in [2.24, 2.45) is 0 Å². The molecule has 108 valence electrons. The highest BCUT2D eigenvalue weighted by molar-refractivity contribution is 5.88. The highest BCUT2D eigenvalue weighted by Gasteiger charge is 2.32. The van der Waals surface area contributed by atoms with Crippen molar-refractivity contribution in [3.63, 3.8) is 0 Å². The molecule has 0 aromatic carbocycles. The number of carboxylic acid groups (broad SMARTS) is 1. The number of piperazine rings is 1. The van der Waals surface area contributed by atoms with E-state index in [9.17, 15) is 14.4 Å². The molecule has 1 heterocycles.